The van der Waals surface area contributed by atoms with Crippen LogP contribution >= 0.6 is 27.5 Å². The van der Waals surface area contributed by atoms with E-state index in [2.05, 4.69) is 110 Å². The molecule has 3 fully saturated rings. The number of likely N-dealkylation sites (N-methyl/N-ethyl adjacent to an activating group) is 1. The number of ether oxygens (including phenoxy) is 1. The number of rotatable bonds is 20. The van der Waals surface area contributed by atoms with Gasteiger partial charge in [0.2, 0.25) is 0 Å². The second kappa shape index (κ2) is 45.3. The van der Waals surface area contributed by atoms with Crippen LogP contribution in [-0.4, -0.2) is 201 Å². The maximum atomic E-state index is 12.2. The lowest BCUT2D eigenvalue weighted by Crippen LogP contribution is -2.39. The molecule has 7 N–H and O–H groups in total. The summed E-state index contributed by atoms with van der Waals surface area (Å²) in [5.41, 5.74) is 11.9. The molecule has 0 bridgehead atoms. The van der Waals surface area contributed by atoms with Crippen molar-refractivity contribution in [2.24, 2.45) is 55.3 Å². The molecule has 690 valence electrons. The molecule has 130 heavy (non-hydrogen) atoms. The smallest absolute Gasteiger partial charge is 0.261 e. The van der Waals surface area contributed by atoms with Crippen LogP contribution in [-0.2, 0) is 54.1 Å². The summed E-state index contributed by atoms with van der Waals surface area (Å²) < 4.78 is 17.2. The number of hydrogen-bond donors (Lipinski definition) is 7. The second-order valence-corrected chi connectivity index (χ2v) is 34.5. The van der Waals surface area contributed by atoms with Crippen molar-refractivity contribution in [3.8, 4) is 0 Å². The Morgan fingerprint density at radius 3 is 0.992 bits per heavy atom. The third kappa shape index (κ3) is 25.0. The Kier molecular flexibility index (Phi) is 34.3. The van der Waals surface area contributed by atoms with Crippen LogP contribution in [0.5, 0.6) is 0 Å². The quantitative estimate of drug-likeness (QED) is 0.0373. The lowest BCUT2D eigenvalue weighted by molar-refractivity contribution is 0.0398. The molecular weight excluding hydrogens is 1730 g/mol. The van der Waals surface area contributed by atoms with E-state index in [1.54, 1.807) is 109 Å². The van der Waals surface area contributed by atoms with Gasteiger partial charge >= 0.3 is 0 Å². The number of benzene rings is 7. The fourth-order valence-electron chi connectivity index (χ4n) is 14.6. The van der Waals surface area contributed by atoms with Gasteiger partial charge in [-0.15, -0.1) is 0 Å². The molecule has 7 aromatic heterocycles. The number of piperidine rings is 1. The zero-order valence-corrected chi connectivity index (χ0v) is 80.7. The highest BCUT2D eigenvalue weighted by atomic mass is 79.9. The van der Waals surface area contributed by atoms with Crippen molar-refractivity contribution in [2.75, 3.05) is 157 Å². The molecular formula is C96H124BrClN24O8. The summed E-state index contributed by atoms with van der Waals surface area (Å²) in [7, 11) is 19.9. The Balaban J connectivity index is 0.000000147. The summed E-state index contributed by atoms with van der Waals surface area (Å²) in [4.78, 5) is 122. The number of likely N-dealkylation sites (tertiary alicyclic amines) is 1. The molecule has 1 saturated carbocycles. The lowest BCUT2D eigenvalue weighted by atomic mass is 10.1. The lowest BCUT2D eigenvalue weighted by Gasteiger charge is -2.26. The molecule has 0 amide bonds. The Bertz CT molecular complexity index is 6630. The van der Waals surface area contributed by atoms with Gasteiger partial charge in [-0.2, -0.15) is 0 Å². The highest BCUT2D eigenvalue weighted by Gasteiger charge is 2.22. The molecule has 2 aliphatic heterocycles. The van der Waals surface area contributed by atoms with Crippen molar-refractivity contribution in [1.29, 1.82) is 0 Å². The van der Waals surface area contributed by atoms with Crippen LogP contribution in [0.1, 0.15) is 86.2 Å². The van der Waals surface area contributed by atoms with Gasteiger partial charge in [0.15, 0.2) is 0 Å². The monoisotopic (exact) mass is 1850 g/mol. The van der Waals surface area contributed by atoms with E-state index < -0.39 is 0 Å². The van der Waals surface area contributed by atoms with Crippen LogP contribution in [0.4, 0.5) is 39.8 Å². The van der Waals surface area contributed by atoms with Gasteiger partial charge in [0.1, 0.15) is 40.8 Å². The summed E-state index contributed by atoms with van der Waals surface area (Å²) in [6.07, 6.45) is 7.75. The van der Waals surface area contributed by atoms with Gasteiger partial charge < -0.3 is 51.8 Å². The highest BCUT2D eigenvalue weighted by molar-refractivity contribution is 9.10. The summed E-state index contributed by atoms with van der Waals surface area (Å²) in [6, 6.07) is 35.8. The van der Waals surface area contributed by atoms with Gasteiger partial charge in [0.05, 0.1) is 106 Å². The van der Waals surface area contributed by atoms with Crippen LogP contribution in [0, 0.1) is 54.4 Å². The first-order valence-corrected chi connectivity index (χ1v) is 45.3. The van der Waals surface area contributed by atoms with Crippen LogP contribution in [0.25, 0.3) is 76.3 Å². The van der Waals surface area contributed by atoms with Gasteiger partial charge in [0.25, 0.3) is 38.9 Å². The number of nitrogens with zero attached hydrogens (tertiary/aromatic N) is 17. The highest BCUT2D eigenvalue weighted by Crippen LogP contribution is 2.31. The molecule has 3 aliphatic rings. The molecule has 0 unspecified atom stereocenters. The molecule has 9 heterocycles. The van der Waals surface area contributed by atoms with Gasteiger partial charge in [-0.1, -0.05) is 24.9 Å². The second-order valence-electron chi connectivity index (χ2n) is 33.2. The van der Waals surface area contributed by atoms with E-state index in [0.717, 1.165) is 192 Å². The standard InChI is InChI=1S/C17H24N4O.C16H22N4O2.C14H20N4O.C14H17N3O.C13H17N3O.C11H12BrN3O.C11H12ClN3O/c1-13-19-16-12-14(6-7-15(16)17(22)20(13)2)18-8-11-21-9-4-3-5-10-21;1-12-18-15-11-13(3-4-14(15)16(21)19(12)2)17-5-6-20-7-9-22-10-8-20;1-10-16-13-9-11(15-7-8-17(2)3)5-6-12(13)14(19)18(10)4;1-9-16-13-7-11(15-8-10-3-4-10)5-6-12(13)14(18)17(9)2;1-4-7-14-10-5-6-11-12(8-10)15-9(2)16(3)13(11)17;2*1-6-14-9-5-10(13-2)8(12)4-7(9)11(16)15(6)3/h6-7,12,18H,3-5,8-11H2,1-2H3;3-4,11,17H,5-10H2,1-2H3;5-6,9,15H,7-8H2,1-4H3;5-7,10,15H,3-4,8H2,1-2H3;5-6,8,14H,4,7H2,1-3H3;2*4-5,13H,1-3H3. The zero-order chi connectivity index (χ0) is 93.9. The average molecular weight is 1860 g/mol. The average Bonchev–Trinajstić information content (AvgIpc) is 0.797. The maximum absolute atomic E-state index is 12.2. The molecule has 0 radical (unpaired) electrons. The Hall–Kier alpha value is -12.3. The van der Waals surface area contributed by atoms with E-state index in [1.165, 1.54) is 49.8 Å². The van der Waals surface area contributed by atoms with E-state index in [4.69, 9.17) is 16.3 Å². The molecule has 1 aliphatic carbocycles. The number of aryl methyl sites for hydroxylation is 7. The van der Waals surface area contributed by atoms with Crippen molar-refractivity contribution in [2.45, 2.75) is 93.9 Å². The number of aromatic nitrogens is 14. The fraction of sp³-hybridized carbons (Fsp3) is 0.417. The summed E-state index contributed by atoms with van der Waals surface area (Å²) in [5.74, 6) is 5.89. The maximum Gasteiger partial charge on any atom is 0.261 e. The number of fused-ring (bicyclic) bond motifs is 7. The molecule has 17 rings (SSSR count). The predicted molar refractivity (Wildman–Crippen MR) is 535 cm³/mol. The SMILES string of the molecule is CCCNc1ccc2c(=O)n(C)c(C)nc2c1.CNc1cc2nc(C)n(C)c(=O)c2cc1Br.CNc1cc2nc(C)n(C)c(=O)c2cc1Cl.Cc1nc2cc(NCC3CC3)ccc2c(=O)n1C.Cc1nc2cc(NCCN(C)C)ccc2c(=O)n1C.Cc1nc2cc(NCCN3CCCCC3)ccc2c(=O)n1C.Cc1nc2cc(NCCN3CCOCC3)ccc2c(=O)n1C. The zero-order valence-electron chi connectivity index (χ0n) is 78.3. The first-order chi connectivity index (χ1) is 62.1. The molecule has 7 aromatic carbocycles. The minimum absolute atomic E-state index is 0.00217. The normalized spacial score (nSPS) is 13.2. The molecule has 0 spiro atoms. The summed E-state index contributed by atoms with van der Waals surface area (Å²) in [6.45, 7) is 28.7. The Labute approximate surface area is 769 Å². The van der Waals surface area contributed by atoms with Gasteiger partial charge in [-0.05, 0) is 245 Å². The number of morpholine rings is 1. The number of hydrogen-bond acceptors (Lipinski definition) is 25. The van der Waals surface area contributed by atoms with Crippen molar-refractivity contribution in [1.82, 2.24) is 81.6 Å². The largest absolute Gasteiger partial charge is 0.387 e. The van der Waals surface area contributed by atoms with E-state index in [0.29, 0.717) is 65.4 Å². The van der Waals surface area contributed by atoms with Crippen molar-refractivity contribution >= 4 is 144 Å². The van der Waals surface area contributed by atoms with Crippen molar-refractivity contribution in [3.63, 3.8) is 0 Å². The van der Waals surface area contributed by atoms with E-state index in [9.17, 15) is 33.6 Å². The van der Waals surface area contributed by atoms with Crippen LogP contribution in [0.3, 0.4) is 0 Å². The van der Waals surface area contributed by atoms with E-state index in [-0.39, 0.29) is 38.9 Å². The first-order valence-electron chi connectivity index (χ1n) is 44.1. The molecule has 0 atom stereocenters. The first kappa shape index (κ1) is 98.3. The topological polar surface area (TPSA) is 347 Å². The van der Waals surface area contributed by atoms with Crippen LogP contribution in [0.15, 0.2) is 153 Å². The molecule has 2 saturated heterocycles. The fourth-order valence-corrected chi connectivity index (χ4v) is 15.4. The van der Waals surface area contributed by atoms with E-state index in [1.807, 2.05) is 160 Å². The minimum atomic E-state index is -0.0768. The minimum Gasteiger partial charge on any atom is -0.387 e. The summed E-state index contributed by atoms with van der Waals surface area (Å²) in [5, 5.41) is 27.9. The molecule has 14 aromatic rings. The number of anilines is 7. The number of nitrogens with one attached hydrogen (secondary N) is 7. The predicted octanol–water partition coefficient (Wildman–Crippen LogP) is 12.5. The third-order valence-electron chi connectivity index (χ3n) is 23.6. The Morgan fingerprint density at radius 1 is 0.377 bits per heavy atom. The Morgan fingerprint density at radius 2 is 0.669 bits per heavy atom. The van der Waals surface area contributed by atoms with Crippen LogP contribution < -0.4 is 76.1 Å². The van der Waals surface area contributed by atoms with Gasteiger partial charge in [-0.25, -0.2) is 34.9 Å². The van der Waals surface area contributed by atoms with E-state index >= 15 is 0 Å². The number of halogens is 2. The van der Waals surface area contributed by atoms with Gasteiger partial charge in [0, 0.05) is 162 Å². The van der Waals surface area contributed by atoms with Crippen LogP contribution in [0.2, 0.25) is 5.02 Å². The van der Waals surface area contributed by atoms with Gasteiger partial charge in [-0.3, -0.25) is 70.4 Å². The van der Waals surface area contributed by atoms with Crippen molar-refractivity contribution in [3.05, 3.63) is 238 Å². The van der Waals surface area contributed by atoms with Crippen molar-refractivity contribution < 1.29 is 4.74 Å². The summed E-state index contributed by atoms with van der Waals surface area (Å²) >= 11 is 9.45. The molecule has 34 heteroatoms. The third-order valence-corrected chi connectivity index (χ3v) is 24.6. The molecule has 32 nitrogen and oxygen atoms in total.